The van der Waals surface area contributed by atoms with Gasteiger partial charge in [-0.2, -0.15) is 13.2 Å². The molecule has 0 aromatic carbocycles. The van der Waals surface area contributed by atoms with Gasteiger partial charge >= 0.3 is 6.18 Å². The van der Waals surface area contributed by atoms with Crippen LogP contribution in [-0.2, 0) is 0 Å². The van der Waals surface area contributed by atoms with Crippen LogP contribution in [0.4, 0.5) is 13.2 Å². The van der Waals surface area contributed by atoms with E-state index in [-0.39, 0.29) is 29.9 Å². The van der Waals surface area contributed by atoms with E-state index in [4.69, 9.17) is 0 Å². The smallest absolute Gasteiger partial charge is 0.388 e. The molecule has 5 nitrogen and oxygen atoms in total. The number of likely N-dealkylation sites (tertiary alicyclic amines) is 1. The zero-order chi connectivity index (χ0) is 18.5. The normalized spacial score (nSPS) is 23.0. The molecular formula is C17H32F3IN4O. The van der Waals surface area contributed by atoms with E-state index in [9.17, 15) is 18.3 Å². The van der Waals surface area contributed by atoms with Crippen molar-refractivity contribution in [2.45, 2.75) is 51.3 Å². The summed E-state index contributed by atoms with van der Waals surface area (Å²) in [7, 11) is 0. The van der Waals surface area contributed by atoms with Crippen molar-refractivity contribution >= 4 is 29.9 Å². The SMILES string of the molecule is CCNC(=NCC1(O)CCC1)N1CCC(CN(CC)CC(F)(F)F)C1.I. The Morgan fingerprint density at radius 3 is 2.54 bits per heavy atom. The van der Waals surface area contributed by atoms with Crippen LogP contribution in [0.1, 0.15) is 39.5 Å². The molecule has 0 aromatic heterocycles. The summed E-state index contributed by atoms with van der Waals surface area (Å²) in [6.07, 6.45) is -0.658. The maximum Gasteiger partial charge on any atom is 0.401 e. The molecule has 9 heteroatoms. The number of aliphatic hydroxyl groups is 1. The molecule has 154 valence electrons. The van der Waals surface area contributed by atoms with Crippen molar-refractivity contribution in [3.8, 4) is 0 Å². The highest BCUT2D eigenvalue weighted by atomic mass is 127. The van der Waals surface area contributed by atoms with Gasteiger partial charge in [-0.3, -0.25) is 9.89 Å². The zero-order valence-corrected chi connectivity index (χ0v) is 18.0. The lowest BCUT2D eigenvalue weighted by atomic mass is 9.80. The highest BCUT2D eigenvalue weighted by Gasteiger charge is 2.35. The molecule has 2 fully saturated rings. The number of hydrogen-bond donors (Lipinski definition) is 2. The molecule has 1 heterocycles. The summed E-state index contributed by atoms with van der Waals surface area (Å²) < 4.78 is 37.9. The van der Waals surface area contributed by atoms with Gasteiger partial charge in [0.15, 0.2) is 5.96 Å². The van der Waals surface area contributed by atoms with Gasteiger partial charge < -0.3 is 15.3 Å². The molecule has 0 bridgehead atoms. The van der Waals surface area contributed by atoms with Crippen LogP contribution in [0, 0.1) is 5.92 Å². The summed E-state index contributed by atoms with van der Waals surface area (Å²) in [4.78, 5) is 8.15. The number of nitrogens with one attached hydrogen (secondary N) is 1. The van der Waals surface area contributed by atoms with E-state index in [1.165, 1.54) is 4.90 Å². The molecular weight excluding hydrogens is 460 g/mol. The molecule has 26 heavy (non-hydrogen) atoms. The van der Waals surface area contributed by atoms with Gasteiger partial charge in [0, 0.05) is 26.2 Å². The molecule has 0 spiro atoms. The van der Waals surface area contributed by atoms with Crippen molar-refractivity contribution < 1.29 is 18.3 Å². The predicted octanol–water partition coefficient (Wildman–Crippen LogP) is 2.69. The van der Waals surface area contributed by atoms with Gasteiger partial charge in [0.05, 0.1) is 18.7 Å². The Morgan fingerprint density at radius 2 is 2.04 bits per heavy atom. The van der Waals surface area contributed by atoms with Crippen molar-refractivity contribution in [1.82, 2.24) is 15.1 Å². The number of rotatable bonds is 7. The molecule has 1 atom stereocenters. The first-order chi connectivity index (χ1) is 11.7. The first kappa shape index (κ1) is 23.7. The number of hydrogen-bond acceptors (Lipinski definition) is 3. The Bertz CT molecular complexity index is 458. The van der Waals surface area contributed by atoms with Crippen molar-refractivity contribution in [2.24, 2.45) is 10.9 Å². The second-order valence-electron chi connectivity index (χ2n) is 7.29. The largest absolute Gasteiger partial charge is 0.401 e. The van der Waals surface area contributed by atoms with Crippen LogP contribution in [0.2, 0.25) is 0 Å². The van der Waals surface area contributed by atoms with Crippen LogP contribution in [0.25, 0.3) is 0 Å². The summed E-state index contributed by atoms with van der Waals surface area (Å²) in [5.74, 6) is 0.974. The molecule has 0 amide bonds. The molecule has 1 aliphatic carbocycles. The van der Waals surface area contributed by atoms with Gasteiger partial charge in [0.2, 0.25) is 0 Å². The lowest BCUT2D eigenvalue weighted by Crippen LogP contribution is -2.44. The van der Waals surface area contributed by atoms with Gasteiger partial charge in [0.1, 0.15) is 0 Å². The lowest BCUT2D eigenvalue weighted by molar-refractivity contribution is -0.146. The Morgan fingerprint density at radius 1 is 1.35 bits per heavy atom. The molecule has 2 aliphatic rings. The van der Waals surface area contributed by atoms with E-state index in [0.717, 1.165) is 44.7 Å². The predicted molar refractivity (Wildman–Crippen MR) is 108 cm³/mol. The second-order valence-corrected chi connectivity index (χ2v) is 7.29. The summed E-state index contributed by atoms with van der Waals surface area (Å²) in [6, 6.07) is 0. The first-order valence-corrected chi connectivity index (χ1v) is 9.29. The molecule has 1 saturated carbocycles. The molecule has 0 radical (unpaired) electrons. The van der Waals surface area contributed by atoms with Crippen molar-refractivity contribution in [1.29, 1.82) is 0 Å². The molecule has 1 aliphatic heterocycles. The maximum absolute atomic E-state index is 12.6. The first-order valence-electron chi connectivity index (χ1n) is 9.29. The average molecular weight is 492 g/mol. The fourth-order valence-electron chi connectivity index (χ4n) is 3.49. The minimum Gasteiger partial charge on any atom is -0.388 e. The van der Waals surface area contributed by atoms with Gasteiger partial charge in [-0.15, -0.1) is 24.0 Å². The van der Waals surface area contributed by atoms with Crippen LogP contribution in [-0.4, -0.2) is 78.5 Å². The molecule has 2 rings (SSSR count). The van der Waals surface area contributed by atoms with Crippen LogP contribution < -0.4 is 5.32 Å². The Hall–Kier alpha value is -0.290. The Labute approximate surface area is 171 Å². The maximum atomic E-state index is 12.6. The van der Waals surface area contributed by atoms with Gasteiger partial charge in [-0.05, 0) is 45.1 Å². The zero-order valence-electron chi connectivity index (χ0n) is 15.7. The van der Waals surface area contributed by atoms with Gasteiger partial charge in [0.25, 0.3) is 0 Å². The number of aliphatic imine (C=N–C) groups is 1. The summed E-state index contributed by atoms with van der Waals surface area (Å²) >= 11 is 0. The quantitative estimate of drug-likeness (QED) is 0.326. The highest BCUT2D eigenvalue weighted by molar-refractivity contribution is 14.0. The molecule has 0 aromatic rings. The van der Waals surface area contributed by atoms with Crippen LogP contribution in [0.3, 0.4) is 0 Å². The van der Waals surface area contributed by atoms with Crippen LogP contribution >= 0.6 is 24.0 Å². The number of guanidine groups is 1. The van der Waals surface area contributed by atoms with Gasteiger partial charge in [-0.25, -0.2) is 0 Å². The summed E-state index contributed by atoms with van der Waals surface area (Å²) in [6.45, 7) is 6.39. The lowest BCUT2D eigenvalue weighted by Gasteiger charge is -2.35. The van der Waals surface area contributed by atoms with Crippen molar-refractivity contribution in [3.05, 3.63) is 0 Å². The van der Waals surface area contributed by atoms with E-state index in [0.29, 0.717) is 26.2 Å². The highest BCUT2D eigenvalue weighted by Crippen LogP contribution is 2.31. The van der Waals surface area contributed by atoms with E-state index < -0.39 is 18.3 Å². The Balaban J connectivity index is 0.00000338. The molecule has 1 saturated heterocycles. The van der Waals surface area contributed by atoms with Gasteiger partial charge in [-0.1, -0.05) is 6.92 Å². The van der Waals surface area contributed by atoms with Crippen molar-refractivity contribution in [2.75, 3.05) is 45.8 Å². The minimum atomic E-state index is -4.15. The standard InChI is InChI=1S/C17H31F3N4O.HI/c1-3-21-15(22-12-16(25)7-5-8-16)24-9-6-14(11-24)10-23(4-2)13-17(18,19)20;/h14,25H,3-13H2,1-2H3,(H,21,22);1H. The number of nitrogens with zero attached hydrogens (tertiary/aromatic N) is 3. The monoisotopic (exact) mass is 492 g/mol. The number of alkyl halides is 3. The average Bonchev–Trinajstić information content (AvgIpc) is 2.95. The van der Waals surface area contributed by atoms with Crippen LogP contribution in [0.15, 0.2) is 4.99 Å². The summed E-state index contributed by atoms with van der Waals surface area (Å²) in [5, 5.41) is 13.5. The molecule has 2 N–H and O–H groups in total. The number of halogens is 4. The van der Waals surface area contributed by atoms with Crippen LogP contribution in [0.5, 0.6) is 0 Å². The third-order valence-electron chi connectivity index (χ3n) is 5.09. The minimum absolute atomic E-state index is 0. The fourth-order valence-corrected chi connectivity index (χ4v) is 3.49. The van der Waals surface area contributed by atoms with E-state index in [1.807, 2.05) is 6.92 Å². The topological polar surface area (TPSA) is 51.1 Å². The fraction of sp³-hybridized carbons (Fsp3) is 0.941. The van der Waals surface area contributed by atoms with E-state index >= 15 is 0 Å². The Kier molecular flexibility index (Phi) is 9.42. The third kappa shape index (κ3) is 7.38. The third-order valence-corrected chi connectivity index (χ3v) is 5.09. The van der Waals surface area contributed by atoms with E-state index in [2.05, 4.69) is 15.2 Å². The second kappa shape index (κ2) is 10.3. The van der Waals surface area contributed by atoms with E-state index in [1.54, 1.807) is 6.92 Å². The summed E-state index contributed by atoms with van der Waals surface area (Å²) in [5.41, 5.74) is -0.661. The molecule has 1 unspecified atom stereocenters. The van der Waals surface area contributed by atoms with Crippen molar-refractivity contribution in [3.63, 3.8) is 0 Å².